The zero-order chi connectivity index (χ0) is 16.8. The molecule has 25 heavy (non-hydrogen) atoms. The van der Waals surface area contributed by atoms with Crippen LogP contribution in [0, 0.1) is 52.3 Å². The highest BCUT2D eigenvalue weighted by Gasteiger charge is 2.90. The van der Waals surface area contributed by atoms with Gasteiger partial charge in [-0.1, -0.05) is 20.8 Å². The SMILES string of the molecule is CC1(C)[C@@H]2CC[C@@]1(C)[C@H](n1c(=O)n3n(c1=O)C1[C@@H]4C5C6[C@@H]4C3[C@@H]6[C@@H]51)C2. The summed E-state index contributed by atoms with van der Waals surface area (Å²) < 4.78 is 5.62. The van der Waals surface area contributed by atoms with Gasteiger partial charge in [0.05, 0.1) is 12.1 Å². The van der Waals surface area contributed by atoms with Crippen molar-refractivity contribution in [2.24, 2.45) is 52.3 Å². The lowest BCUT2D eigenvalue weighted by molar-refractivity contribution is -0.450. The van der Waals surface area contributed by atoms with Crippen molar-refractivity contribution in [1.82, 2.24) is 13.9 Å². The lowest BCUT2D eigenvalue weighted by Gasteiger charge is -2.91. The Labute approximate surface area is 146 Å². The second-order valence-corrected chi connectivity index (χ2v) is 11.2. The minimum Gasteiger partial charge on any atom is -0.246 e. The number of hydrogen-bond donors (Lipinski definition) is 0. The molecule has 0 aromatic carbocycles. The van der Waals surface area contributed by atoms with E-state index in [0.29, 0.717) is 18.0 Å². The van der Waals surface area contributed by atoms with Crippen molar-refractivity contribution >= 4 is 0 Å². The van der Waals surface area contributed by atoms with Crippen LogP contribution in [0.1, 0.15) is 58.2 Å². The molecule has 0 saturated heterocycles. The molecule has 6 fully saturated rings. The minimum absolute atomic E-state index is 0.0280. The summed E-state index contributed by atoms with van der Waals surface area (Å²) in [6, 6.07) is 0.845. The molecule has 0 N–H and O–H groups in total. The van der Waals surface area contributed by atoms with Crippen molar-refractivity contribution in [3.05, 3.63) is 21.0 Å². The number of aromatic nitrogens is 3. The molecule has 6 saturated carbocycles. The predicted octanol–water partition coefficient (Wildman–Crippen LogP) is 2.05. The first-order valence-corrected chi connectivity index (χ1v) is 10.3. The van der Waals surface area contributed by atoms with E-state index in [4.69, 9.17) is 0 Å². The summed E-state index contributed by atoms with van der Waals surface area (Å²) in [5.74, 6) is 5.47. The third-order valence-corrected chi connectivity index (χ3v) is 11.3. The van der Waals surface area contributed by atoms with E-state index in [1.807, 2.05) is 9.36 Å². The Morgan fingerprint density at radius 2 is 1.36 bits per heavy atom. The van der Waals surface area contributed by atoms with Gasteiger partial charge < -0.3 is 0 Å². The summed E-state index contributed by atoms with van der Waals surface area (Å²) in [6.45, 7) is 7.06. The number of rotatable bonds is 1. The van der Waals surface area contributed by atoms with Gasteiger partial charge in [-0.05, 0) is 71.5 Å². The van der Waals surface area contributed by atoms with Crippen LogP contribution in [0.2, 0.25) is 0 Å². The van der Waals surface area contributed by atoms with E-state index in [0.717, 1.165) is 48.3 Å². The normalized spacial score (nSPS) is 61.7. The second kappa shape index (κ2) is 3.11. The summed E-state index contributed by atoms with van der Waals surface area (Å²) >= 11 is 0. The molecule has 5 nitrogen and oxygen atoms in total. The van der Waals surface area contributed by atoms with Crippen LogP contribution in [0.15, 0.2) is 9.59 Å². The van der Waals surface area contributed by atoms with E-state index in [-0.39, 0.29) is 28.3 Å². The molecule has 8 aliphatic rings. The predicted molar refractivity (Wildman–Crippen MR) is 90.2 cm³/mol. The maximum atomic E-state index is 13.4. The van der Waals surface area contributed by atoms with Crippen molar-refractivity contribution < 1.29 is 0 Å². The third kappa shape index (κ3) is 0.875. The number of hydrogen-bond acceptors (Lipinski definition) is 2. The molecule has 6 aliphatic carbocycles. The summed E-state index contributed by atoms with van der Waals surface area (Å²) in [5, 5.41) is 0. The van der Waals surface area contributed by atoms with Crippen LogP contribution in [0.5, 0.6) is 0 Å². The van der Waals surface area contributed by atoms with Crippen LogP contribution < -0.4 is 11.4 Å². The molecule has 3 heterocycles. The van der Waals surface area contributed by atoms with E-state index in [1.54, 1.807) is 4.57 Å². The molecular weight excluding hydrogens is 314 g/mol. The Kier molecular flexibility index (Phi) is 1.62. The van der Waals surface area contributed by atoms with E-state index in [9.17, 15) is 9.59 Å². The summed E-state index contributed by atoms with van der Waals surface area (Å²) in [5.41, 5.74) is 0.361. The van der Waals surface area contributed by atoms with Gasteiger partial charge >= 0.3 is 11.4 Å². The van der Waals surface area contributed by atoms with Gasteiger partial charge in [-0.3, -0.25) is 0 Å². The molecule has 0 radical (unpaired) electrons. The number of nitrogens with zero attached hydrogens (tertiary/aromatic N) is 3. The van der Waals surface area contributed by atoms with Gasteiger partial charge in [0.15, 0.2) is 0 Å². The Balaban J connectivity index is 1.36. The molecule has 7 atom stereocenters. The highest BCUT2D eigenvalue weighted by Crippen LogP contribution is 2.91. The van der Waals surface area contributed by atoms with Crippen LogP contribution >= 0.6 is 0 Å². The largest absolute Gasteiger partial charge is 0.347 e. The fourth-order valence-corrected chi connectivity index (χ4v) is 9.82. The molecule has 1 aromatic rings. The van der Waals surface area contributed by atoms with Gasteiger partial charge in [-0.2, -0.15) is 0 Å². The maximum Gasteiger partial charge on any atom is 0.347 e. The van der Waals surface area contributed by atoms with Crippen LogP contribution in [-0.2, 0) is 0 Å². The summed E-state index contributed by atoms with van der Waals surface area (Å²) in [4.78, 5) is 26.9. The van der Waals surface area contributed by atoms with E-state index < -0.39 is 0 Å². The molecule has 4 bridgehead atoms. The smallest absolute Gasteiger partial charge is 0.246 e. The van der Waals surface area contributed by atoms with Crippen LogP contribution in [-0.4, -0.2) is 13.9 Å². The lowest BCUT2D eigenvalue weighted by Crippen LogP contribution is -2.91. The van der Waals surface area contributed by atoms with Crippen molar-refractivity contribution in [3.8, 4) is 0 Å². The van der Waals surface area contributed by atoms with Crippen LogP contribution in [0.3, 0.4) is 0 Å². The average Bonchev–Trinajstić information content (AvgIpc) is 2.99. The molecule has 5 heteroatoms. The van der Waals surface area contributed by atoms with Gasteiger partial charge in [-0.25, -0.2) is 23.5 Å². The summed E-state index contributed by atoms with van der Waals surface area (Å²) in [6.07, 6.45) is 3.43. The van der Waals surface area contributed by atoms with Crippen molar-refractivity contribution in [2.45, 2.75) is 58.2 Å². The lowest BCUT2D eigenvalue weighted by atomic mass is 9.16. The standard InChI is InChI=1S/C20H25N3O2/c1-19(2)7-4-5-20(19,3)8(6-7)21-17(24)22-15-11-9-10-13(11)16(14(10)12(9)15)23(22)18(21)25/h7-16H,4-6H2,1-3H3/t7-,8-,9?,10?,11-,12-,13+,14+,15?,16?,20+/m1/s1. The zero-order valence-corrected chi connectivity index (χ0v) is 15.1. The van der Waals surface area contributed by atoms with E-state index in [1.165, 1.54) is 6.42 Å². The van der Waals surface area contributed by atoms with Gasteiger partial charge in [0, 0.05) is 6.04 Å². The molecule has 132 valence electrons. The fourth-order valence-electron chi connectivity index (χ4n) is 9.82. The number of fused-ring (bicyclic) bond motifs is 2. The molecule has 9 rings (SSSR count). The Bertz CT molecular complexity index is 936. The quantitative estimate of drug-likeness (QED) is 0.786. The van der Waals surface area contributed by atoms with Gasteiger partial charge in [-0.15, -0.1) is 0 Å². The molecule has 0 amide bonds. The first-order chi connectivity index (χ1) is 11.9. The first kappa shape index (κ1) is 13.0. The van der Waals surface area contributed by atoms with E-state index >= 15 is 0 Å². The van der Waals surface area contributed by atoms with Crippen molar-refractivity contribution in [3.63, 3.8) is 0 Å². The van der Waals surface area contributed by atoms with Gasteiger partial charge in [0.25, 0.3) is 0 Å². The average molecular weight is 339 g/mol. The Morgan fingerprint density at radius 1 is 0.840 bits per heavy atom. The molecule has 0 unspecified atom stereocenters. The van der Waals surface area contributed by atoms with Crippen molar-refractivity contribution in [1.29, 1.82) is 0 Å². The second-order valence-electron chi connectivity index (χ2n) is 11.2. The molecule has 2 aliphatic heterocycles. The molecular formula is C20H25N3O2. The van der Waals surface area contributed by atoms with Crippen molar-refractivity contribution in [2.75, 3.05) is 0 Å². The topological polar surface area (TPSA) is 48.9 Å². The highest BCUT2D eigenvalue weighted by atomic mass is 16.2. The maximum absolute atomic E-state index is 13.4. The fraction of sp³-hybridized carbons (Fsp3) is 0.900. The summed E-state index contributed by atoms with van der Waals surface area (Å²) in [7, 11) is 0. The zero-order valence-electron chi connectivity index (χ0n) is 15.1. The molecule has 1 aromatic heterocycles. The van der Waals surface area contributed by atoms with Gasteiger partial charge in [0.1, 0.15) is 0 Å². The van der Waals surface area contributed by atoms with E-state index in [2.05, 4.69) is 20.8 Å². The Hall–Kier alpha value is -1.26. The minimum atomic E-state index is 0.0280. The van der Waals surface area contributed by atoms with Crippen LogP contribution in [0.4, 0.5) is 0 Å². The van der Waals surface area contributed by atoms with Gasteiger partial charge in [0.2, 0.25) is 0 Å². The monoisotopic (exact) mass is 339 g/mol. The highest BCUT2D eigenvalue weighted by molar-refractivity contribution is 5.37. The first-order valence-electron chi connectivity index (χ1n) is 10.3. The van der Waals surface area contributed by atoms with Crippen LogP contribution in [0.25, 0.3) is 0 Å². The molecule has 0 spiro atoms. The third-order valence-electron chi connectivity index (χ3n) is 11.3. The Morgan fingerprint density at radius 3 is 1.76 bits per heavy atom.